The van der Waals surface area contributed by atoms with Gasteiger partial charge in [-0.3, -0.25) is 19.2 Å². The quantitative estimate of drug-likeness (QED) is 0.315. The maximum Gasteiger partial charge on any atom is 0.303 e. The Balaban J connectivity index is 1.74. The summed E-state index contributed by atoms with van der Waals surface area (Å²) in [5.74, 6) is -1.44. The second-order valence-electron chi connectivity index (χ2n) is 15.6. The fourth-order valence-corrected chi connectivity index (χ4v) is 10.0. The summed E-state index contributed by atoms with van der Waals surface area (Å²) in [6.45, 7) is 18.0. The van der Waals surface area contributed by atoms with Crippen molar-refractivity contribution >= 4 is 23.5 Å². The zero-order valence-electron chi connectivity index (χ0n) is 27.2. The number of allylic oxidation sites excluding steroid dienone is 2. The molecular weight excluding hydrogens is 536 g/mol. The summed E-state index contributed by atoms with van der Waals surface area (Å²) < 4.78 is 11.3. The number of aliphatic hydroxyl groups is 2. The first kappa shape index (κ1) is 32.8. The molecule has 0 aromatic carbocycles. The molecule has 3 fully saturated rings. The van der Waals surface area contributed by atoms with Crippen LogP contribution >= 0.6 is 0 Å². The van der Waals surface area contributed by atoms with E-state index in [-0.39, 0.29) is 42.2 Å². The predicted molar refractivity (Wildman–Crippen MR) is 157 cm³/mol. The lowest BCUT2D eigenvalue weighted by molar-refractivity contribution is -0.180. The molecule has 2 N–H and O–H groups in total. The third-order valence-corrected chi connectivity index (χ3v) is 12.5. The van der Waals surface area contributed by atoms with Crippen molar-refractivity contribution in [1.82, 2.24) is 0 Å². The minimum atomic E-state index is -1.39. The molecule has 4 rings (SSSR count). The molecule has 0 spiro atoms. The Morgan fingerprint density at radius 2 is 1.62 bits per heavy atom. The van der Waals surface area contributed by atoms with Crippen molar-refractivity contribution in [1.29, 1.82) is 0 Å². The smallest absolute Gasteiger partial charge is 0.303 e. The summed E-state index contributed by atoms with van der Waals surface area (Å²) in [7, 11) is 0. The Labute approximate surface area is 251 Å². The number of ketones is 2. The Bertz CT molecular complexity index is 1180. The first-order valence-corrected chi connectivity index (χ1v) is 15.6. The maximum absolute atomic E-state index is 14.5. The Morgan fingerprint density at radius 1 is 1.02 bits per heavy atom. The van der Waals surface area contributed by atoms with Gasteiger partial charge in [-0.1, -0.05) is 39.3 Å². The van der Waals surface area contributed by atoms with Crippen LogP contribution in [-0.4, -0.2) is 57.6 Å². The molecule has 0 heterocycles. The molecule has 4 aliphatic rings. The number of hydrogen-bond acceptors (Lipinski definition) is 8. The van der Waals surface area contributed by atoms with Gasteiger partial charge in [0.2, 0.25) is 0 Å². The molecule has 4 aliphatic carbocycles. The van der Waals surface area contributed by atoms with Crippen LogP contribution in [0.2, 0.25) is 0 Å². The van der Waals surface area contributed by atoms with E-state index in [9.17, 15) is 29.4 Å². The van der Waals surface area contributed by atoms with E-state index >= 15 is 0 Å². The normalized spacial score (nSPS) is 39.7. The van der Waals surface area contributed by atoms with Crippen molar-refractivity contribution in [2.24, 2.45) is 45.3 Å². The Kier molecular flexibility index (Phi) is 8.24. The van der Waals surface area contributed by atoms with Gasteiger partial charge in [0.1, 0.15) is 23.8 Å². The molecular formula is C34H52O8. The summed E-state index contributed by atoms with van der Waals surface area (Å²) in [6, 6.07) is 0. The second kappa shape index (κ2) is 10.5. The third kappa shape index (κ3) is 4.89. The van der Waals surface area contributed by atoms with Gasteiger partial charge < -0.3 is 19.7 Å². The highest BCUT2D eigenvalue weighted by molar-refractivity contribution is 5.92. The van der Waals surface area contributed by atoms with Crippen molar-refractivity contribution in [2.75, 3.05) is 0 Å². The van der Waals surface area contributed by atoms with Gasteiger partial charge >= 0.3 is 11.9 Å². The standard InChI is InChI=1S/C34H52O8/c1-18(24(41-19(2)35)15-28(31(6,7)40)42-20(3)36)29-23(37)16-32(8)25-13-11-21-22(12-14-26(38)30(21,4)5)34(25,10)27(39)17-33(29,32)9/h11,18,22-25,28-29,37,40H,12-17H2,1-10H3/t18-,22-,23-,24-,25+,28-,29+,32+,33-,34+/m1/s1. The van der Waals surface area contributed by atoms with Crippen LogP contribution in [0.4, 0.5) is 0 Å². The molecule has 0 bridgehead atoms. The van der Waals surface area contributed by atoms with Gasteiger partial charge in [0.05, 0.1) is 11.7 Å². The molecule has 8 nitrogen and oxygen atoms in total. The summed E-state index contributed by atoms with van der Waals surface area (Å²) in [6.07, 6.45) is 2.45. The average molecular weight is 589 g/mol. The molecule has 0 aliphatic heterocycles. The van der Waals surface area contributed by atoms with E-state index in [1.54, 1.807) is 13.8 Å². The van der Waals surface area contributed by atoms with Crippen LogP contribution in [0.25, 0.3) is 0 Å². The van der Waals surface area contributed by atoms with Gasteiger partial charge in [-0.05, 0) is 81.5 Å². The number of Topliss-reactive ketones (excluding diaryl/α,β-unsaturated/α-hetero) is 2. The van der Waals surface area contributed by atoms with E-state index in [0.29, 0.717) is 25.7 Å². The SMILES string of the molecule is CC(=O)O[C@H](C[C@@H](OC(C)=O)C(C)(C)O)[C@@H](C)[C@H]1[C@H](O)C[C@@]2(C)[C@@H]3CC=C4[C@@H](CCC(=O)C4(C)C)[C@]3(C)C(=O)C[C@]12C. The molecule has 0 aromatic heterocycles. The molecule has 10 atom stereocenters. The van der Waals surface area contributed by atoms with Crippen molar-refractivity contribution in [3.05, 3.63) is 11.6 Å². The van der Waals surface area contributed by atoms with Gasteiger partial charge in [-0.2, -0.15) is 0 Å². The molecule has 0 aromatic rings. The van der Waals surface area contributed by atoms with Crippen molar-refractivity contribution in [3.8, 4) is 0 Å². The topological polar surface area (TPSA) is 127 Å². The lowest BCUT2D eigenvalue weighted by atomic mass is 9.38. The fourth-order valence-electron chi connectivity index (χ4n) is 10.0. The van der Waals surface area contributed by atoms with Crippen LogP contribution in [0.5, 0.6) is 0 Å². The molecule has 0 amide bonds. The van der Waals surface area contributed by atoms with Crippen LogP contribution in [0.15, 0.2) is 11.6 Å². The monoisotopic (exact) mass is 588 g/mol. The Hall–Kier alpha value is -2.06. The van der Waals surface area contributed by atoms with E-state index in [4.69, 9.17) is 9.47 Å². The van der Waals surface area contributed by atoms with Gasteiger partial charge in [0.15, 0.2) is 0 Å². The highest BCUT2D eigenvalue weighted by Gasteiger charge is 2.72. The lowest BCUT2D eigenvalue weighted by Crippen LogP contribution is -2.63. The van der Waals surface area contributed by atoms with Crippen LogP contribution in [0.1, 0.15) is 108 Å². The van der Waals surface area contributed by atoms with Crippen LogP contribution in [0, 0.1) is 45.3 Å². The number of hydrogen-bond donors (Lipinski definition) is 2. The van der Waals surface area contributed by atoms with Crippen molar-refractivity contribution < 1.29 is 38.9 Å². The predicted octanol–water partition coefficient (Wildman–Crippen LogP) is 4.97. The van der Waals surface area contributed by atoms with E-state index in [1.165, 1.54) is 13.8 Å². The summed E-state index contributed by atoms with van der Waals surface area (Å²) in [4.78, 5) is 51.5. The van der Waals surface area contributed by atoms with Crippen LogP contribution in [0.3, 0.4) is 0 Å². The molecule has 0 saturated heterocycles. The van der Waals surface area contributed by atoms with E-state index < -0.39 is 63.4 Å². The zero-order chi connectivity index (χ0) is 31.8. The van der Waals surface area contributed by atoms with Gasteiger partial charge in [0, 0.05) is 43.9 Å². The van der Waals surface area contributed by atoms with Crippen molar-refractivity contribution in [3.63, 3.8) is 0 Å². The molecule has 8 heteroatoms. The van der Waals surface area contributed by atoms with Crippen LogP contribution < -0.4 is 0 Å². The zero-order valence-corrected chi connectivity index (χ0v) is 27.2. The molecule has 236 valence electrons. The van der Waals surface area contributed by atoms with Gasteiger partial charge in [-0.25, -0.2) is 0 Å². The number of esters is 2. The van der Waals surface area contributed by atoms with Gasteiger partial charge in [0.25, 0.3) is 0 Å². The van der Waals surface area contributed by atoms with Gasteiger partial charge in [-0.15, -0.1) is 0 Å². The first-order chi connectivity index (χ1) is 19.1. The number of rotatable bonds is 7. The molecule has 0 radical (unpaired) electrons. The van der Waals surface area contributed by atoms with E-state index in [2.05, 4.69) is 26.8 Å². The Morgan fingerprint density at radius 3 is 2.17 bits per heavy atom. The number of ether oxygens (including phenoxy) is 2. The van der Waals surface area contributed by atoms with E-state index in [1.807, 2.05) is 20.8 Å². The molecule has 42 heavy (non-hydrogen) atoms. The van der Waals surface area contributed by atoms with E-state index in [0.717, 1.165) is 5.57 Å². The average Bonchev–Trinajstić information content (AvgIpc) is 3.04. The number of fused-ring (bicyclic) bond motifs is 5. The summed E-state index contributed by atoms with van der Waals surface area (Å²) >= 11 is 0. The summed E-state index contributed by atoms with van der Waals surface area (Å²) in [5, 5.41) is 22.6. The number of aliphatic hydroxyl groups excluding tert-OH is 1. The maximum atomic E-state index is 14.5. The third-order valence-electron chi connectivity index (χ3n) is 12.5. The summed E-state index contributed by atoms with van der Waals surface area (Å²) in [5.41, 5.74) is -2.50. The van der Waals surface area contributed by atoms with Crippen LogP contribution in [-0.2, 0) is 28.7 Å². The molecule has 0 unspecified atom stereocenters. The molecule has 3 saturated carbocycles. The first-order valence-electron chi connectivity index (χ1n) is 15.6. The fraction of sp³-hybridized carbons (Fsp3) is 0.824. The second-order valence-corrected chi connectivity index (χ2v) is 15.6. The number of carbonyl (C=O) groups excluding carboxylic acids is 4. The highest BCUT2D eigenvalue weighted by atomic mass is 16.6. The minimum Gasteiger partial charge on any atom is -0.462 e. The highest BCUT2D eigenvalue weighted by Crippen LogP contribution is 2.74. The minimum absolute atomic E-state index is 0.00323. The van der Waals surface area contributed by atoms with Crippen molar-refractivity contribution in [2.45, 2.75) is 132 Å². The number of carbonyl (C=O) groups is 4. The largest absolute Gasteiger partial charge is 0.462 e. The lowest BCUT2D eigenvalue weighted by Gasteiger charge is -2.64.